The lowest BCUT2D eigenvalue weighted by atomic mass is 10.2. The molecule has 0 radical (unpaired) electrons. The minimum Gasteiger partial charge on any atom is -0.442 e. The predicted octanol–water partition coefficient (Wildman–Crippen LogP) is 3.08. The monoisotopic (exact) mass is 394 g/mol. The third kappa shape index (κ3) is 3.82. The molecule has 0 aliphatic carbocycles. The van der Waals surface area contributed by atoms with Crippen LogP contribution in [-0.4, -0.2) is 41.0 Å². The lowest BCUT2D eigenvalue weighted by Crippen LogP contribution is -2.34. The molecule has 0 saturated carbocycles. The van der Waals surface area contributed by atoms with Gasteiger partial charge in [0.1, 0.15) is 17.6 Å². The Morgan fingerprint density at radius 2 is 1.93 bits per heavy atom. The molecule has 148 valence electrons. The van der Waals surface area contributed by atoms with Gasteiger partial charge >= 0.3 is 6.09 Å². The highest BCUT2D eigenvalue weighted by atomic mass is 19.1. The quantitative estimate of drug-likeness (QED) is 0.722. The van der Waals surface area contributed by atoms with Gasteiger partial charge in [0, 0.05) is 11.4 Å². The highest BCUT2D eigenvalue weighted by molar-refractivity contribution is 5.93. The van der Waals surface area contributed by atoms with Crippen molar-refractivity contribution in [2.45, 2.75) is 13.0 Å². The molecule has 8 heteroatoms. The molecule has 1 aromatic heterocycles. The third-order valence-electron chi connectivity index (χ3n) is 4.63. The highest BCUT2D eigenvalue weighted by Gasteiger charge is 2.32. The minimum atomic E-state index is -0.471. The van der Waals surface area contributed by atoms with Crippen LogP contribution >= 0.6 is 0 Å². The summed E-state index contributed by atoms with van der Waals surface area (Å²) in [4.78, 5) is 26.1. The normalized spacial score (nSPS) is 16.0. The molecule has 1 aliphatic heterocycles. The summed E-state index contributed by atoms with van der Waals surface area (Å²) in [6, 6.07) is 17.0. The second-order valence-electron chi connectivity index (χ2n) is 6.70. The Labute approximate surface area is 166 Å². The molecule has 2 aromatic carbocycles. The molecule has 2 heterocycles. The number of carbonyl (C=O) groups excluding carboxylic acids is 2. The molecule has 3 aromatic rings. The lowest BCUT2D eigenvalue weighted by Gasteiger charge is -2.12. The Hall–Kier alpha value is -3.68. The number of cyclic esters (lactones) is 1. The van der Waals surface area contributed by atoms with Crippen molar-refractivity contribution in [3.05, 3.63) is 77.9 Å². The largest absolute Gasteiger partial charge is 0.442 e. The van der Waals surface area contributed by atoms with Gasteiger partial charge < -0.3 is 10.1 Å². The maximum Gasteiger partial charge on any atom is 0.414 e. The van der Waals surface area contributed by atoms with Gasteiger partial charge in [-0.1, -0.05) is 30.3 Å². The van der Waals surface area contributed by atoms with Crippen LogP contribution in [-0.2, 0) is 4.74 Å². The first-order valence-corrected chi connectivity index (χ1v) is 9.16. The second-order valence-corrected chi connectivity index (χ2v) is 6.70. The predicted molar refractivity (Wildman–Crippen MR) is 105 cm³/mol. The number of rotatable bonds is 5. The van der Waals surface area contributed by atoms with Crippen LogP contribution in [0.5, 0.6) is 0 Å². The van der Waals surface area contributed by atoms with Gasteiger partial charge in [-0.2, -0.15) is 5.10 Å². The number of halogens is 1. The van der Waals surface area contributed by atoms with Crippen molar-refractivity contribution in [1.29, 1.82) is 0 Å². The van der Waals surface area contributed by atoms with Crippen LogP contribution in [0.2, 0.25) is 0 Å². The summed E-state index contributed by atoms with van der Waals surface area (Å²) in [7, 11) is 0. The Kier molecular flexibility index (Phi) is 4.99. The van der Waals surface area contributed by atoms with E-state index in [0.717, 1.165) is 5.69 Å². The molecule has 1 fully saturated rings. The molecule has 7 nitrogen and oxygen atoms in total. The molecule has 1 atom stereocenters. The fourth-order valence-electron chi connectivity index (χ4n) is 3.20. The third-order valence-corrected chi connectivity index (χ3v) is 4.63. The van der Waals surface area contributed by atoms with Crippen molar-refractivity contribution in [3.63, 3.8) is 0 Å². The standard InChI is InChI=1S/C21H19FN4O3/c1-14-11-18(24-26(14)19-10-6-5-9-17(19)22)20(27)23-12-16-13-25(21(28)29-16)15-7-3-2-4-8-15/h2-11,16H,12-13H2,1H3,(H,23,27). The van der Waals surface area contributed by atoms with E-state index in [4.69, 9.17) is 4.74 Å². The van der Waals surface area contributed by atoms with Crippen LogP contribution in [0.1, 0.15) is 16.2 Å². The van der Waals surface area contributed by atoms with E-state index in [1.54, 1.807) is 31.2 Å². The number of amides is 2. The molecular weight excluding hydrogens is 375 g/mol. The van der Waals surface area contributed by atoms with Crippen LogP contribution < -0.4 is 10.2 Å². The number of aryl methyl sites for hydroxylation is 1. The van der Waals surface area contributed by atoms with Gasteiger partial charge in [0.2, 0.25) is 0 Å². The van der Waals surface area contributed by atoms with Crippen LogP contribution in [0.4, 0.5) is 14.9 Å². The van der Waals surface area contributed by atoms with E-state index in [0.29, 0.717) is 12.2 Å². The molecule has 1 N–H and O–H groups in total. The number of ether oxygens (including phenoxy) is 1. The SMILES string of the molecule is Cc1cc(C(=O)NCC2CN(c3ccccc3)C(=O)O2)nn1-c1ccccc1F. The summed E-state index contributed by atoms with van der Waals surface area (Å²) >= 11 is 0. The van der Waals surface area contributed by atoms with E-state index in [1.165, 1.54) is 15.6 Å². The van der Waals surface area contributed by atoms with Gasteiger partial charge in [0.25, 0.3) is 5.91 Å². The maximum atomic E-state index is 14.0. The zero-order chi connectivity index (χ0) is 20.4. The Bertz CT molecular complexity index is 1050. The van der Waals surface area contributed by atoms with E-state index in [-0.39, 0.29) is 17.9 Å². The summed E-state index contributed by atoms with van der Waals surface area (Å²) in [6.45, 7) is 2.23. The van der Waals surface area contributed by atoms with E-state index in [1.807, 2.05) is 30.3 Å². The molecule has 29 heavy (non-hydrogen) atoms. The average Bonchev–Trinajstić information content (AvgIpc) is 3.30. The van der Waals surface area contributed by atoms with E-state index >= 15 is 0 Å². The fourth-order valence-corrected chi connectivity index (χ4v) is 3.20. The van der Waals surface area contributed by atoms with E-state index in [2.05, 4.69) is 10.4 Å². The topological polar surface area (TPSA) is 76.5 Å². The summed E-state index contributed by atoms with van der Waals surface area (Å²) in [6.07, 6.45) is -0.920. The number of para-hydroxylation sites is 2. The molecular formula is C21H19FN4O3. The number of hydrogen-bond acceptors (Lipinski definition) is 4. The zero-order valence-electron chi connectivity index (χ0n) is 15.7. The fraction of sp³-hybridized carbons (Fsp3) is 0.190. The van der Waals surface area contributed by atoms with Gasteiger partial charge in [0.05, 0.1) is 13.1 Å². The van der Waals surface area contributed by atoms with E-state index < -0.39 is 23.9 Å². The van der Waals surface area contributed by atoms with Crippen molar-refractivity contribution in [3.8, 4) is 5.69 Å². The van der Waals surface area contributed by atoms with E-state index in [9.17, 15) is 14.0 Å². The summed E-state index contributed by atoms with van der Waals surface area (Å²) in [5.41, 5.74) is 1.80. The summed E-state index contributed by atoms with van der Waals surface area (Å²) in [5.74, 6) is -0.845. The van der Waals surface area contributed by atoms with Crippen LogP contribution in [0, 0.1) is 12.7 Å². The van der Waals surface area contributed by atoms with Crippen LogP contribution in [0.3, 0.4) is 0 Å². The Morgan fingerprint density at radius 3 is 2.69 bits per heavy atom. The minimum absolute atomic E-state index is 0.152. The Balaban J connectivity index is 1.40. The van der Waals surface area contributed by atoms with Gasteiger partial charge in [-0.25, -0.2) is 13.9 Å². The van der Waals surface area contributed by atoms with Crippen molar-refractivity contribution < 1.29 is 18.7 Å². The van der Waals surface area contributed by atoms with Crippen LogP contribution in [0.25, 0.3) is 5.69 Å². The number of nitrogens with zero attached hydrogens (tertiary/aromatic N) is 3. The first kappa shape index (κ1) is 18.7. The average molecular weight is 394 g/mol. The molecule has 1 saturated heterocycles. The zero-order valence-corrected chi connectivity index (χ0v) is 15.7. The smallest absolute Gasteiger partial charge is 0.414 e. The van der Waals surface area contributed by atoms with Crippen molar-refractivity contribution in [2.24, 2.45) is 0 Å². The lowest BCUT2D eigenvalue weighted by molar-refractivity contribution is 0.0911. The first-order chi connectivity index (χ1) is 14.0. The number of carbonyl (C=O) groups is 2. The molecule has 4 rings (SSSR count). The second kappa shape index (κ2) is 7.75. The van der Waals surface area contributed by atoms with Gasteiger partial charge in [0.15, 0.2) is 5.69 Å². The first-order valence-electron chi connectivity index (χ1n) is 9.16. The highest BCUT2D eigenvalue weighted by Crippen LogP contribution is 2.21. The van der Waals surface area contributed by atoms with Gasteiger partial charge in [-0.3, -0.25) is 9.69 Å². The molecule has 2 amide bonds. The molecule has 1 unspecified atom stereocenters. The molecule has 1 aliphatic rings. The van der Waals surface area contributed by atoms with Gasteiger partial charge in [-0.15, -0.1) is 0 Å². The van der Waals surface area contributed by atoms with Crippen molar-refractivity contribution >= 4 is 17.7 Å². The molecule has 0 bridgehead atoms. The summed E-state index contributed by atoms with van der Waals surface area (Å²) < 4.78 is 20.7. The van der Waals surface area contributed by atoms with Gasteiger partial charge in [-0.05, 0) is 37.3 Å². The van der Waals surface area contributed by atoms with Crippen molar-refractivity contribution in [1.82, 2.24) is 15.1 Å². The number of hydrogen-bond donors (Lipinski definition) is 1. The Morgan fingerprint density at radius 1 is 1.21 bits per heavy atom. The number of aromatic nitrogens is 2. The number of benzene rings is 2. The van der Waals surface area contributed by atoms with Crippen LogP contribution in [0.15, 0.2) is 60.7 Å². The maximum absolute atomic E-state index is 14.0. The summed E-state index contributed by atoms with van der Waals surface area (Å²) in [5, 5.41) is 6.94. The number of anilines is 1. The van der Waals surface area contributed by atoms with Crippen molar-refractivity contribution in [2.75, 3.05) is 18.0 Å². The molecule has 0 spiro atoms. The number of nitrogens with one attached hydrogen (secondary N) is 1.